The summed E-state index contributed by atoms with van der Waals surface area (Å²) < 4.78 is 3.94. The van der Waals surface area contributed by atoms with Crippen LogP contribution in [0.4, 0.5) is 0 Å². The molecule has 1 unspecified atom stereocenters. The molecule has 1 aliphatic heterocycles. The Morgan fingerprint density at radius 1 is 1.18 bits per heavy atom. The van der Waals surface area contributed by atoms with Crippen LogP contribution in [0.5, 0.6) is 0 Å². The van der Waals surface area contributed by atoms with Crippen LogP contribution in [0.2, 0.25) is 0 Å². The van der Waals surface area contributed by atoms with Crippen LogP contribution in [-0.4, -0.2) is 45.6 Å². The van der Waals surface area contributed by atoms with E-state index < -0.39 is 30.3 Å². The zero-order valence-electron chi connectivity index (χ0n) is 5.30. The number of carbonyl (C=O) groups is 2. The molecule has 0 spiro atoms. The molecule has 1 saturated heterocycles. The molecule has 0 aromatic heterocycles. The van der Waals surface area contributed by atoms with Gasteiger partial charge in [0.1, 0.15) is 6.10 Å². The largest absolute Gasteiger partial charge is 0.427 e. The van der Waals surface area contributed by atoms with Gasteiger partial charge in [0.15, 0.2) is 6.10 Å². The number of ether oxygens (including phenoxy) is 1. The van der Waals surface area contributed by atoms with Crippen molar-refractivity contribution in [2.45, 2.75) is 18.5 Å². The Balaban J connectivity index is 2.78. The Kier molecular flexibility index (Phi) is 1.90. The lowest BCUT2D eigenvalue weighted by atomic mass is 10.1. The Morgan fingerprint density at radius 3 is 2.27 bits per heavy atom. The minimum atomic E-state index is -1.88. The molecule has 0 bridgehead atoms. The van der Waals surface area contributed by atoms with E-state index >= 15 is 0 Å². The maximum atomic E-state index is 10.5. The number of aliphatic hydroxyl groups excluding tert-OH is 3. The number of hydrogen-bond acceptors (Lipinski definition) is 6. The second-order valence-electron chi connectivity index (χ2n) is 2.10. The number of carbonyl (C=O) groups excluding carboxylic acids is 2. The van der Waals surface area contributed by atoms with Crippen molar-refractivity contribution >= 4 is 11.8 Å². The highest BCUT2D eigenvalue weighted by Gasteiger charge is 2.42. The van der Waals surface area contributed by atoms with E-state index in [4.69, 9.17) is 15.3 Å². The van der Waals surface area contributed by atoms with Gasteiger partial charge in [0.25, 0.3) is 5.78 Å². The Morgan fingerprint density at radius 2 is 1.73 bits per heavy atom. The van der Waals surface area contributed by atoms with Crippen LogP contribution in [-0.2, 0) is 14.3 Å². The van der Waals surface area contributed by atoms with Crippen LogP contribution in [0.1, 0.15) is 0 Å². The quantitative estimate of drug-likeness (QED) is 0.261. The predicted molar refractivity (Wildman–Crippen MR) is 29.1 cm³/mol. The first-order valence-corrected chi connectivity index (χ1v) is 2.83. The fourth-order valence-electron chi connectivity index (χ4n) is 0.669. The summed E-state index contributed by atoms with van der Waals surface area (Å²) in [6, 6.07) is 0. The van der Waals surface area contributed by atoms with Gasteiger partial charge in [-0.3, -0.25) is 4.79 Å². The molecule has 1 aliphatic rings. The molecule has 3 N–H and O–H groups in total. The number of Topliss-reactive ketones (excluding diaryl/α,β-unsaturated/α-hetero) is 1. The van der Waals surface area contributed by atoms with Crippen LogP contribution >= 0.6 is 0 Å². The van der Waals surface area contributed by atoms with Gasteiger partial charge < -0.3 is 20.1 Å². The van der Waals surface area contributed by atoms with Gasteiger partial charge in [-0.05, 0) is 0 Å². The van der Waals surface area contributed by atoms with E-state index in [0.29, 0.717) is 0 Å². The Bertz CT molecular complexity index is 199. The number of cyclic esters (lactones) is 1. The van der Waals surface area contributed by atoms with Crippen LogP contribution in [0.3, 0.4) is 0 Å². The summed E-state index contributed by atoms with van der Waals surface area (Å²) in [5.41, 5.74) is 0. The third-order valence-corrected chi connectivity index (χ3v) is 1.31. The lowest BCUT2D eigenvalue weighted by Crippen LogP contribution is -2.52. The van der Waals surface area contributed by atoms with Gasteiger partial charge >= 0.3 is 5.97 Å². The summed E-state index contributed by atoms with van der Waals surface area (Å²) in [5.74, 6) is -2.59. The molecule has 1 fully saturated rings. The average Bonchev–Trinajstić information content (AvgIpc) is 1.97. The third kappa shape index (κ3) is 1.23. The topological polar surface area (TPSA) is 104 Å². The molecule has 0 aromatic rings. The first-order valence-electron chi connectivity index (χ1n) is 2.83. The van der Waals surface area contributed by atoms with Crippen molar-refractivity contribution in [2.75, 3.05) is 0 Å². The molecule has 0 radical (unpaired) electrons. The van der Waals surface area contributed by atoms with Crippen molar-refractivity contribution in [1.29, 1.82) is 0 Å². The summed E-state index contributed by atoms with van der Waals surface area (Å²) in [6.07, 6.45) is -5.46. The van der Waals surface area contributed by atoms with Gasteiger partial charge in [0, 0.05) is 0 Å². The fourth-order valence-corrected chi connectivity index (χ4v) is 0.669. The number of hydrogen-bond donors (Lipinski definition) is 3. The molecule has 1 heterocycles. The highest BCUT2D eigenvalue weighted by atomic mass is 16.7. The van der Waals surface area contributed by atoms with Crippen molar-refractivity contribution in [2.24, 2.45) is 0 Å². The third-order valence-electron chi connectivity index (χ3n) is 1.31. The van der Waals surface area contributed by atoms with Gasteiger partial charge in [-0.2, -0.15) is 0 Å². The summed E-state index contributed by atoms with van der Waals surface area (Å²) in [7, 11) is 0. The van der Waals surface area contributed by atoms with Gasteiger partial charge in [-0.25, -0.2) is 4.79 Å². The maximum absolute atomic E-state index is 10.5. The van der Waals surface area contributed by atoms with Crippen molar-refractivity contribution in [3.8, 4) is 0 Å². The molecule has 11 heavy (non-hydrogen) atoms. The van der Waals surface area contributed by atoms with Crippen molar-refractivity contribution in [1.82, 2.24) is 0 Å². The first-order chi connectivity index (χ1) is 5.04. The van der Waals surface area contributed by atoms with Crippen LogP contribution < -0.4 is 0 Å². The molecule has 6 nitrogen and oxygen atoms in total. The van der Waals surface area contributed by atoms with Gasteiger partial charge in [0.05, 0.1) is 0 Å². The Hall–Kier alpha value is -0.980. The predicted octanol–water partition coefficient (Wildman–Crippen LogP) is -2.85. The Labute approximate surface area is 61.0 Å². The van der Waals surface area contributed by atoms with Gasteiger partial charge in [0.2, 0.25) is 6.29 Å². The van der Waals surface area contributed by atoms with E-state index in [-0.39, 0.29) is 0 Å². The smallest absolute Gasteiger partial charge is 0.379 e. The second kappa shape index (κ2) is 2.57. The molecule has 0 aromatic carbocycles. The fraction of sp³-hybridized carbons (Fsp3) is 0.600. The lowest BCUT2D eigenvalue weighted by Gasteiger charge is -2.25. The van der Waals surface area contributed by atoms with Crippen molar-refractivity contribution < 1.29 is 29.6 Å². The molecule has 0 amide bonds. The summed E-state index contributed by atoms with van der Waals surface area (Å²) in [6.45, 7) is 0. The molecular weight excluding hydrogens is 156 g/mol. The minimum absolute atomic E-state index is 1.25. The molecule has 0 saturated carbocycles. The van der Waals surface area contributed by atoms with Crippen LogP contribution in [0.25, 0.3) is 0 Å². The number of aliphatic hydroxyl groups is 3. The first kappa shape index (κ1) is 8.12. The average molecular weight is 162 g/mol. The molecule has 3 atom stereocenters. The van der Waals surface area contributed by atoms with Gasteiger partial charge in [-0.15, -0.1) is 0 Å². The number of esters is 1. The molecule has 6 heteroatoms. The van der Waals surface area contributed by atoms with Crippen LogP contribution in [0.15, 0.2) is 0 Å². The maximum Gasteiger partial charge on any atom is 0.379 e. The standard InChI is InChI=1S/C5H6O6/c6-1-2(7)4(9)11-5(10)3(1)8/h1-2,4,6-7,9H/t1-,2-,4?/m0/s1. The van der Waals surface area contributed by atoms with E-state index in [1.54, 1.807) is 0 Å². The normalized spacial score (nSPS) is 38.6. The number of rotatable bonds is 0. The van der Waals surface area contributed by atoms with Gasteiger partial charge in [-0.1, -0.05) is 0 Å². The summed E-state index contributed by atoms with van der Waals surface area (Å²) in [4.78, 5) is 20.8. The molecular formula is C5H6O6. The lowest BCUT2D eigenvalue weighted by molar-refractivity contribution is -0.217. The minimum Gasteiger partial charge on any atom is -0.427 e. The van der Waals surface area contributed by atoms with Crippen molar-refractivity contribution in [3.63, 3.8) is 0 Å². The highest BCUT2D eigenvalue weighted by molar-refractivity contribution is 6.36. The molecule has 0 aliphatic carbocycles. The van der Waals surface area contributed by atoms with Crippen molar-refractivity contribution in [3.05, 3.63) is 0 Å². The highest BCUT2D eigenvalue weighted by Crippen LogP contribution is 2.10. The van der Waals surface area contributed by atoms with E-state index in [1.165, 1.54) is 0 Å². The van der Waals surface area contributed by atoms with E-state index in [9.17, 15) is 9.59 Å². The number of ketones is 1. The summed E-state index contributed by atoms with van der Waals surface area (Å²) in [5, 5.41) is 26.1. The zero-order valence-corrected chi connectivity index (χ0v) is 5.30. The van der Waals surface area contributed by atoms with E-state index in [0.717, 1.165) is 0 Å². The summed E-state index contributed by atoms with van der Waals surface area (Å²) >= 11 is 0. The molecule has 1 rings (SSSR count). The monoisotopic (exact) mass is 162 g/mol. The zero-order chi connectivity index (χ0) is 8.59. The second-order valence-corrected chi connectivity index (χ2v) is 2.10. The van der Waals surface area contributed by atoms with E-state index in [1.807, 2.05) is 0 Å². The molecule has 62 valence electrons. The van der Waals surface area contributed by atoms with Crippen LogP contribution in [0, 0.1) is 0 Å². The SMILES string of the molecule is O=C1OC(O)[C@@H](O)[C@H](O)C1=O. The van der Waals surface area contributed by atoms with E-state index in [2.05, 4.69) is 4.74 Å².